The summed E-state index contributed by atoms with van der Waals surface area (Å²) in [6.45, 7) is 7.42. The second-order valence-electron chi connectivity index (χ2n) is 6.95. The number of aromatic nitrogens is 1. The van der Waals surface area contributed by atoms with E-state index in [-0.39, 0.29) is 5.91 Å². The van der Waals surface area contributed by atoms with Crippen LogP contribution < -0.4 is 5.32 Å². The fourth-order valence-corrected chi connectivity index (χ4v) is 2.90. The van der Waals surface area contributed by atoms with Crippen LogP contribution in [0.25, 0.3) is 5.69 Å². The van der Waals surface area contributed by atoms with E-state index in [9.17, 15) is 9.59 Å². The molecule has 1 amide bonds. The molecular weight excluding hydrogens is 352 g/mol. The van der Waals surface area contributed by atoms with Crippen LogP contribution in [0.5, 0.6) is 0 Å². The van der Waals surface area contributed by atoms with E-state index < -0.39 is 12.1 Å². The summed E-state index contributed by atoms with van der Waals surface area (Å²) in [5, 5.41) is 2.83. The second kappa shape index (κ2) is 8.13. The van der Waals surface area contributed by atoms with Crippen molar-refractivity contribution in [2.75, 3.05) is 5.32 Å². The lowest BCUT2D eigenvalue weighted by atomic mass is 10.1. The lowest BCUT2D eigenvalue weighted by molar-refractivity contribution is -0.123. The lowest BCUT2D eigenvalue weighted by Gasteiger charge is -2.16. The van der Waals surface area contributed by atoms with Gasteiger partial charge in [0.15, 0.2) is 6.10 Å². The zero-order chi connectivity index (χ0) is 20.3. The van der Waals surface area contributed by atoms with Gasteiger partial charge in [-0.1, -0.05) is 18.2 Å². The molecule has 1 unspecified atom stereocenters. The molecule has 28 heavy (non-hydrogen) atoms. The highest BCUT2D eigenvalue weighted by atomic mass is 16.5. The zero-order valence-electron chi connectivity index (χ0n) is 16.5. The summed E-state index contributed by atoms with van der Waals surface area (Å²) in [4.78, 5) is 25.0. The highest BCUT2D eigenvalue weighted by Gasteiger charge is 2.20. The molecule has 144 valence electrons. The summed E-state index contributed by atoms with van der Waals surface area (Å²) >= 11 is 0. The molecule has 1 heterocycles. The Morgan fingerprint density at radius 3 is 2.36 bits per heavy atom. The minimum absolute atomic E-state index is 0.361. The van der Waals surface area contributed by atoms with Gasteiger partial charge in [0.1, 0.15) is 0 Å². The van der Waals surface area contributed by atoms with E-state index in [0.29, 0.717) is 5.56 Å². The number of esters is 1. The fourth-order valence-electron chi connectivity index (χ4n) is 2.90. The minimum Gasteiger partial charge on any atom is -0.449 e. The predicted octanol–water partition coefficient (Wildman–Crippen LogP) is 4.59. The van der Waals surface area contributed by atoms with Crippen molar-refractivity contribution in [3.8, 4) is 5.69 Å². The number of nitrogens with zero attached hydrogens (tertiary/aromatic N) is 1. The molecule has 0 spiro atoms. The van der Waals surface area contributed by atoms with Gasteiger partial charge < -0.3 is 14.6 Å². The third kappa shape index (κ3) is 4.31. The number of carbonyl (C=O) groups is 2. The molecule has 5 nitrogen and oxygen atoms in total. The topological polar surface area (TPSA) is 60.3 Å². The molecule has 3 rings (SSSR count). The molecule has 1 N–H and O–H groups in total. The first kappa shape index (κ1) is 19.4. The SMILES string of the molecule is Cc1ccc(C)c(NC(=O)C(C)OC(=O)c2ccc(C)c(-n3cccc3)c2)c1. The molecule has 5 heteroatoms. The Hall–Kier alpha value is -3.34. The van der Waals surface area contributed by atoms with Gasteiger partial charge >= 0.3 is 5.97 Å². The number of hydrogen-bond donors (Lipinski definition) is 1. The Balaban J connectivity index is 1.71. The van der Waals surface area contributed by atoms with E-state index in [1.165, 1.54) is 0 Å². The fraction of sp³-hybridized carbons (Fsp3) is 0.217. The van der Waals surface area contributed by atoms with Crippen molar-refractivity contribution in [2.24, 2.45) is 0 Å². The minimum atomic E-state index is -0.913. The summed E-state index contributed by atoms with van der Waals surface area (Å²) in [5.74, 6) is -0.892. The number of rotatable bonds is 5. The van der Waals surface area contributed by atoms with Crippen molar-refractivity contribution in [2.45, 2.75) is 33.8 Å². The molecule has 1 aromatic heterocycles. The molecule has 2 aromatic carbocycles. The highest BCUT2D eigenvalue weighted by Crippen LogP contribution is 2.19. The molecule has 0 saturated heterocycles. The van der Waals surface area contributed by atoms with Crippen LogP contribution >= 0.6 is 0 Å². The van der Waals surface area contributed by atoms with Gasteiger partial charge in [-0.15, -0.1) is 0 Å². The van der Waals surface area contributed by atoms with Crippen LogP contribution in [0.15, 0.2) is 60.9 Å². The second-order valence-corrected chi connectivity index (χ2v) is 6.95. The van der Waals surface area contributed by atoms with Gasteiger partial charge in [-0.25, -0.2) is 4.79 Å². The van der Waals surface area contributed by atoms with Gasteiger partial charge in [0.2, 0.25) is 0 Å². The average molecular weight is 376 g/mol. The third-order valence-electron chi connectivity index (χ3n) is 4.63. The molecule has 0 radical (unpaired) electrons. The van der Waals surface area contributed by atoms with Gasteiger partial charge in [-0.3, -0.25) is 4.79 Å². The van der Waals surface area contributed by atoms with Gasteiger partial charge in [-0.2, -0.15) is 0 Å². The standard InChI is InChI=1S/C23H24N2O3/c1-15-7-8-16(2)20(13-15)24-22(26)18(4)28-23(27)19-10-9-17(3)21(14-19)25-11-5-6-12-25/h5-14,18H,1-4H3,(H,24,26). The van der Waals surface area contributed by atoms with Crippen molar-refractivity contribution in [3.63, 3.8) is 0 Å². The Labute approximate surface area is 165 Å². The van der Waals surface area contributed by atoms with Gasteiger partial charge in [-0.05, 0) is 74.7 Å². The molecule has 3 aromatic rings. The number of ether oxygens (including phenoxy) is 1. The Morgan fingerprint density at radius 2 is 1.64 bits per heavy atom. The highest BCUT2D eigenvalue weighted by molar-refractivity contribution is 5.98. The largest absolute Gasteiger partial charge is 0.449 e. The number of carbonyl (C=O) groups excluding carboxylic acids is 2. The smallest absolute Gasteiger partial charge is 0.338 e. The summed E-state index contributed by atoms with van der Waals surface area (Å²) in [6.07, 6.45) is 2.92. The lowest BCUT2D eigenvalue weighted by Crippen LogP contribution is -2.30. The summed E-state index contributed by atoms with van der Waals surface area (Å²) in [7, 11) is 0. The molecule has 0 aliphatic rings. The monoisotopic (exact) mass is 376 g/mol. The zero-order valence-corrected chi connectivity index (χ0v) is 16.5. The maximum absolute atomic E-state index is 12.6. The number of amides is 1. The molecule has 0 bridgehead atoms. The van der Waals surface area contributed by atoms with E-state index in [1.54, 1.807) is 19.1 Å². The molecule has 1 atom stereocenters. The van der Waals surface area contributed by atoms with Gasteiger partial charge in [0, 0.05) is 23.8 Å². The van der Waals surface area contributed by atoms with Crippen LogP contribution in [-0.2, 0) is 9.53 Å². The van der Waals surface area contributed by atoms with Crippen LogP contribution in [0.2, 0.25) is 0 Å². The van der Waals surface area contributed by atoms with Crippen molar-refractivity contribution in [1.82, 2.24) is 4.57 Å². The van der Waals surface area contributed by atoms with Gasteiger partial charge in [0.05, 0.1) is 5.56 Å². The summed E-state index contributed by atoms with van der Waals surface area (Å²) in [6, 6.07) is 15.0. The number of anilines is 1. The molecule has 0 aliphatic heterocycles. The Kier molecular flexibility index (Phi) is 5.64. The van der Waals surface area contributed by atoms with Crippen molar-refractivity contribution >= 4 is 17.6 Å². The Bertz CT molecular complexity index is 1010. The molecule has 0 fully saturated rings. The third-order valence-corrected chi connectivity index (χ3v) is 4.63. The van der Waals surface area contributed by atoms with E-state index in [2.05, 4.69) is 5.32 Å². The van der Waals surface area contributed by atoms with E-state index in [0.717, 1.165) is 28.1 Å². The average Bonchev–Trinajstić information content (AvgIpc) is 3.19. The summed E-state index contributed by atoms with van der Waals surface area (Å²) < 4.78 is 7.33. The van der Waals surface area contributed by atoms with Crippen LogP contribution in [0.1, 0.15) is 34.0 Å². The van der Waals surface area contributed by atoms with Crippen LogP contribution in [-0.4, -0.2) is 22.5 Å². The normalized spacial score (nSPS) is 11.7. The number of benzene rings is 2. The summed E-state index contributed by atoms with van der Waals surface area (Å²) in [5.41, 5.74) is 5.05. The Morgan fingerprint density at radius 1 is 0.964 bits per heavy atom. The van der Waals surface area contributed by atoms with Crippen molar-refractivity contribution < 1.29 is 14.3 Å². The molecule has 0 saturated carbocycles. The molecular formula is C23H24N2O3. The maximum Gasteiger partial charge on any atom is 0.338 e. The molecule has 0 aliphatic carbocycles. The van der Waals surface area contributed by atoms with Crippen LogP contribution in [0.3, 0.4) is 0 Å². The van der Waals surface area contributed by atoms with Crippen molar-refractivity contribution in [3.05, 3.63) is 83.2 Å². The van der Waals surface area contributed by atoms with E-state index >= 15 is 0 Å². The first-order valence-electron chi connectivity index (χ1n) is 9.18. The quantitative estimate of drug-likeness (QED) is 0.663. The van der Waals surface area contributed by atoms with Crippen LogP contribution in [0, 0.1) is 20.8 Å². The number of nitrogens with one attached hydrogen (secondary N) is 1. The first-order chi connectivity index (χ1) is 13.3. The van der Waals surface area contributed by atoms with Crippen LogP contribution in [0.4, 0.5) is 5.69 Å². The first-order valence-corrected chi connectivity index (χ1v) is 9.18. The van der Waals surface area contributed by atoms with Crippen molar-refractivity contribution in [1.29, 1.82) is 0 Å². The van der Waals surface area contributed by atoms with E-state index in [4.69, 9.17) is 4.74 Å². The maximum atomic E-state index is 12.6. The van der Waals surface area contributed by atoms with E-state index in [1.807, 2.05) is 74.1 Å². The number of aryl methyl sites for hydroxylation is 3. The van der Waals surface area contributed by atoms with Gasteiger partial charge in [0.25, 0.3) is 5.91 Å². The number of hydrogen-bond acceptors (Lipinski definition) is 3. The predicted molar refractivity (Wildman–Crippen MR) is 110 cm³/mol.